The fourth-order valence-corrected chi connectivity index (χ4v) is 3.50. The number of rotatable bonds is 6. The van der Waals surface area contributed by atoms with Crippen LogP contribution in [-0.2, 0) is 11.2 Å². The van der Waals surface area contributed by atoms with Gasteiger partial charge in [0.05, 0.1) is 11.7 Å². The summed E-state index contributed by atoms with van der Waals surface area (Å²) in [4.78, 5) is 23.6. The average molecular weight is 442 g/mol. The van der Waals surface area contributed by atoms with Gasteiger partial charge >= 0.3 is 6.09 Å². The second-order valence-corrected chi connectivity index (χ2v) is 9.07. The highest BCUT2D eigenvalue weighted by molar-refractivity contribution is 5.80. The molecule has 1 aliphatic heterocycles. The Hall–Kier alpha value is -3.03. The zero-order chi connectivity index (χ0) is 23.1. The summed E-state index contributed by atoms with van der Waals surface area (Å²) in [5.74, 6) is 1.48. The van der Waals surface area contributed by atoms with Gasteiger partial charge in [-0.05, 0) is 53.2 Å². The van der Waals surface area contributed by atoms with E-state index in [0.29, 0.717) is 25.4 Å². The van der Waals surface area contributed by atoms with Crippen LogP contribution in [0.1, 0.15) is 45.4 Å². The maximum absolute atomic E-state index is 12.1. The van der Waals surface area contributed by atoms with Crippen LogP contribution in [0.5, 0.6) is 0 Å². The van der Waals surface area contributed by atoms with Crippen LogP contribution in [-0.4, -0.2) is 59.8 Å². The predicted molar refractivity (Wildman–Crippen MR) is 126 cm³/mol. The van der Waals surface area contributed by atoms with Crippen LogP contribution < -0.4 is 10.6 Å². The Bertz CT molecular complexity index is 914. The number of ether oxygens (including phenoxy) is 1. The zero-order valence-corrected chi connectivity index (χ0v) is 19.8. The molecule has 1 atom stereocenters. The molecule has 0 bridgehead atoms. The normalized spacial score (nSPS) is 16.8. The number of aryl methyl sites for hydroxylation is 1. The van der Waals surface area contributed by atoms with Gasteiger partial charge < -0.3 is 24.7 Å². The topological polar surface area (TPSA) is 92.0 Å². The maximum Gasteiger partial charge on any atom is 0.407 e. The quantitative estimate of drug-likeness (QED) is 0.524. The minimum absolute atomic E-state index is 0.0429. The minimum atomic E-state index is -0.501. The number of oxazole rings is 1. The van der Waals surface area contributed by atoms with Crippen LogP contribution in [0, 0.1) is 6.92 Å². The fraction of sp³-hybridized carbons (Fsp3) is 0.542. The summed E-state index contributed by atoms with van der Waals surface area (Å²) < 4.78 is 11.0. The van der Waals surface area contributed by atoms with Crippen molar-refractivity contribution < 1.29 is 13.9 Å². The first-order valence-corrected chi connectivity index (χ1v) is 11.3. The van der Waals surface area contributed by atoms with Gasteiger partial charge in [-0.2, -0.15) is 0 Å². The molecule has 0 aliphatic carbocycles. The largest absolute Gasteiger partial charge is 0.444 e. The van der Waals surface area contributed by atoms with Gasteiger partial charge in [-0.25, -0.2) is 9.78 Å². The molecule has 1 aromatic carbocycles. The fourth-order valence-electron chi connectivity index (χ4n) is 3.50. The van der Waals surface area contributed by atoms with Crippen molar-refractivity contribution in [3.8, 4) is 11.5 Å². The van der Waals surface area contributed by atoms with Crippen molar-refractivity contribution in [2.75, 3.05) is 26.2 Å². The molecule has 1 amide bonds. The van der Waals surface area contributed by atoms with Crippen molar-refractivity contribution >= 4 is 12.1 Å². The number of likely N-dealkylation sites (tertiary alicyclic amines) is 1. The number of hydrogen-bond acceptors (Lipinski definition) is 5. The van der Waals surface area contributed by atoms with E-state index in [1.165, 1.54) is 5.56 Å². The Kier molecular flexibility index (Phi) is 7.77. The number of aromatic nitrogens is 1. The summed E-state index contributed by atoms with van der Waals surface area (Å²) in [6.45, 7) is 12.6. The van der Waals surface area contributed by atoms with E-state index >= 15 is 0 Å². The lowest BCUT2D eigenvalue weighted by Gasteiger charge is -2.23. The molecule has 1 fully saturated rings. The van der Waals surface area contributed by atoms with Gasteiger partial charge in [0.2, 0.25) is 5.89 Å². The summed E-state index contributed by atoms with van der Waals surface area (Å²) in [7, 11) is 0. The van der Waals surface area contributed by atoms with Crippen molar-refractivity contribution in [2.45, 2.75) is 59.1 Å². The standard InChI is InChI=1S/C24H35N5O3/c1-6-25-22(29-14-12-19(15-29)28-23(30)32-24(3,4)5)26-13-11-20-16-31-21(27-20)18-9-7-17(2)8-10-18/h7-10,16,19H,6,11-15H2,1-5H3,(H,25,26)(H,28,30). The summed E-state index contributed by atoms with van der Waals surface area (Å²) in [5.41, 5.74) is 2.56. The van der Waals surface area contributed by atoms with Crippen molar-refractivity contribution in [1.29, 1.82) is 0 Å². The van der Waals surface area contributed by atoms with E-state index in [0.717, 1.165) is 36.7 Å². The molecule has 2 heterocycles. The Balaban J connectivity index is 1.53. The number of hydrogen-bond donors (Lipinski definition) is 2. The van der Waals surface area contributed by atoms with Crippen molar-refractivity contribution in [3.05, 3.63) is 41.8 Å². The number of guanidine groups is 1. The molecule has 1 saturated heterocycles. The monoisotopic (exact) mass is 441 g/mol. The molecule has 0 saturated carbocycles. The SMILES string of the molecule is CCNC(=NCCc1coc(-c2ccc(C)cc2)n1)N1CCC(NC(=O)OC(C)(C)C)C1. The molecule has 1 unspecified atom stereocenters. The number of nitrogens with zero attached hydrogens (tertiary/aromatic N) is 3. The molecule has 32 heavy (non-hydrogen) atoms. The first kappa shape index (κ1) is 23.6. The van der Waals surface area contributed by atoms with Gasteiger partial charge in [-0.3, -0.25) is 4.99 Å². The number of carbonyl (C=O) groups is 1. The van der Waals surface area contributed by atoms with Crippen molar-refractivity contribution in [3.63, 3.8) is 0 Å². The molecular weight excluding hydrogens is 406 g/mol. The van der Waals surface area contributed by atoms with Gasteiger partial charge in [0, 0.05) is 38.2 Å². The van der Waals surface area contributed by atoms with Crippen molar-refractivity contribution in [1.82, 2.24) is 20.5 Å². The number of amides is 1. The highest BCUT2D eigenvalue weighted by Gasteiger charge is 2.27. The van der Waals surface area contributed by atoms with E-state index in [2.05, 4.69) is 27.4 Å². The number of nitrogens with one attached hydrogen (secondary N) is 2. The van der Waals surface area contributed by atoms with Gasteiger partial charge in [0.1, 0.15) is 11.9 Å². The first-order valence-electron chi connectivity index (χ1n) is 11.3. The Labute approximate surface area is 190 Å². The smallest absolute Gasteiger partial charge is 0.407 e. The van der Waals surface area contributed by atoms with E-state index in [9.17, 15) is 4.79 Å². The summed E-state index contributed by atoms with van der Waals surface area (Å²) in [6.07, 6.45) is 2.88. The van der Waals surface area contributed by atoms with Crippen LogP contribution in [0.3, 0.4) is 0 Å². The number of aliphatic imine (C=N–C) groups is 1. The summed E-state index contributed by atoms with van der Waals surface area (Å²) >= 11 is 0. The van der Waals surface area contributed by atoms with Crippen LogP contribution in [0.4, 0.5) is 4.79 Å². The molecule has 0 spiro atoms. The van der Waals surface area contributed by atoms with Crippen LogP contribution in [0.15, 0.2) is 39.9 Å². The molecule has 8 nitrogen and oxygen atoms in total. The molecule has 2 aromatic rings. The average Bonchev–Trinajstić information content (AvgIpc) is 3.36. The molecule has 0 radical (unpaired) electrons. The van der Waals surface area contributed by atoms with Gasteiger partial charge in [-0.1, -0.05) is 17.7 Å². The zero-order valence-electron chi connectivity index (χ0n) is 19.8. The van der Waals surface area contributed by atoms with E-state index in [1.807, 2.05) is 52.0 Å². The summed E-state index contributed by atoms with van der Waals surface area (Å²) in [6, 6.07) is 8.17. The van der Waals surface area contributed by atoms with Gasteiger partial charge in [0.25, 0.3) is 0 Å². The Morgan fingerprint density at radius 1 is 1.31 bits per heavy atom. The third-order valence-electron chi connectivity index (χ3n) is 5.02. The van der Waals surface area contributed by atoms with Crippen LogP contribution in [0.2, 0.25) is 0 Å². The maximum atomic E-state index is 12.1. The highest BCUT2D eigenvalue weighted by Crippen LogP contribution is 2.19. The van der Waals surface area contributed by atoms with E-state index in [4.69, 9.17) is 14.1 Å². The lowest BCUT2D eigenvalue weighted by Crippen LogP contribution is -2.44. The molecule has 8 heteroatoms. The Morgan fingerprint density at radius 3 is 2.75 bits per heavy atom. The Morgan fingerprint density at radius 2 is 2.06 bits per heavy atom. The third-order valence-corrected chi connectivity index (χ3v) is 5.02. The lowest BCUT2D eigenvalue weighted by molar-refractivity contribution is 0.0507. The molecule has 1 aliphatic rings. The minimum Gasteiger partial charge on any atom is -0.444 e. The van der Waals surface area contributed by atoms with E-state index in [1.54, 1.807) is 6.26 Å². The molecule has 2 N–H and O–H groups in total. The van der Waals surface area contributed by atoms with Gasteiger partial charge in [-0.15, -0.1) is 0 Å². The van der Waals surface area contributed by atoms with Crippen LogP contribution in [0.25, 0.3) is 11.5 Å². The first-order chi connectivity index (χ1) is 15.2. The number of benzene rings is 1. The summed E-state index contributed by atoms with van der Waals surface area (Å²) in [5, 5.41) is 6.31. The van der Waals surface area contributed by atoms with Crippen LogP contribution >= 0.6 is 0 Å². The molecule has 3 rings (SSSR count). The number of carbonyl (C=O) groups excluding carboxylic acids is 1. The second-order valence-electron chi connectivity index (χ2n) is 9.07. The molecular formula is C24H35N5O3. The van der Waals surface area contributed by atoms with Crippen molar-refractivity contribution in [2.24, 2.45) is 4.99 Å². The second kappa shape index (κ2) is 10.5. The predicted octanol–water partition coefficient (Wildman–Crippen LogP) is 3.76. The third kappa shape index (κ3) is 7.00. The highest BCUT2D eigenvalue weighted by atomic mass is 16.6. The number of alkyl carbamates (subject to hydrolysis) is 1. The van der Waals surface area contributed by atoms with Gasteiger partial charge in [0.15, 0.2) is 5.96 Å². The molecule has 174 valence electrons. The van der Waals surface area contributed by atoms with E-state index < -0.39 is 5.60 Å². The lowest BCUT2D eigenvalue weighted by atomic mass is 10.1. The molecule has 1 aromatic heterocycles. The van der Waals surface area contributed by atoms with E-state index in [-0.39, 0.29) is 12.1 Å².